The zero-order valence-electron chi connectivity index (χ0n) is 16.1. The van der Waals surface area contributed by atoms with Gasteiger partial charge in [-0.3, -0.25) is 4.90 Å². The Kier molecular flexibility index (Phi) is 6.50. The highest BCUT2D eigenvalue weighted by atomic mass is 32.1. The number of aromatic nitrogens is 1. The Balaban J connectivity index is 1.16. The molecule has 4 rings (SSSR count). The Hall–Kier alpha value is -1.34. The van der Waals surface area contributed by atoms with Crippen LogP contribution in [0.3, 0.4) is 0 Å². The van der Waals surface area contributed by atoms with Crippen LogP contribution in [0.2, 0.25) is 0 Å². The molecule has 2 aliphatic heterocycles. The van der Waals surface area contributed by atoms with Crippen molar-refractivity contribution in [3.05, 3.63) is 11.6 Å². The van der Waals surface area contributed by atoms with E-state index in [9.17, 15) is 4.79 Å². The van der Waals surface area contributed by atoms with Crippen molar-refractivity contribution in [3.63, 3.8) is 0 Å². The molecule has 1 aliphatic carbocycles. The number of piperidine rings is 2. The summed E-state index contributed by atoms with van der Waals surface area (Å²) < 4.78 is 5.97. The normalized spacial score (nSPS) is 24.1. The van der Waals surface area contributed by atoms with E-state index in [-0.39, 0.29) is 6.03 Å². The van der Waals surface area contributed by atoms with Gasteiger partial charge < -0.3 is 15.0 Å². The van der Waals surface area contributed by atoms with E-state index >= 15 is 0 Å². The summed E-state index contributed by atoms with van der Waals surface area (Å²) in [5.41, 5.74) is 0. The van der Waals surface area contributed by atoms with Gasteiger partial charge >= 0.3 is 6.03 Å². The molecule has 0 atom stereocenters. The third-order valence-electron chi connectivity index (χ3n) is 6.35. The maximum Gasteiger partial charge on any atom is 0.317 e. The van der Waals surface area contributed by atoms with Gasteiger partial charge in [0, 0.05) is 49.8 Å². The van der Waals surface area contributed by atoms with E-state index in [0.29, 0.717) is 18.2 Å². The number of likely N-dealkylation sites (tertiary alicyclic amines) is 2. The summed E-state index contributed by atoms with van der Waals surface area (Å²) in [6.07, 6.45) is 12.6. The maximum atomic E-state index is 12.5. The molecule has 1 aromatic rings. The second-order valence-corrected chi connectivity index (χ2v) is 9.01. The molecule has 0 bridgehead atoms. The minimum absolute atomic E-state index is 0.163. The van der Waals surface area contributed by atoms with Crippen LogP contribution in [0.1, 0.15) is 57.8 Å². The highest BCUT2D eigenvalue weighted by Crippen LogP contribution is 2.25. The molecular formula is C20H32N4O2S. The highest BCUT2D eigenvalue weighted by molar-refractivity contribution is 7.11. The quantitative estimate of drug-likeness (QED) is 0.852. The van der Waals surface area contributed by atoms with Crippen LogP contribution in [0, 0.1) is 0 Å². The first-order valence-corrected chi connectivity index (χ1v) is 11.5. The Morgan fingerprint density at radius 3 is 2.44 bits per heavy atom. The fraction of sp³-hybridized carbons (Fsp3) is 0.800. The molecule has 3 aliphatic rings. The van der Waals surface area contributed by atoms with E-state index < -0.39 is 0 Å². The molecule has 1 N–H and O–H groups in total. The topological polar surface area (TPSA) is 57.7 Å². The van der Waals surface area contributed by atoms with Gasteiger partial charge in [-0.05, 0) is 38.5 Å². The summed E-state index contributed by atoms with van der Waals surface area (Å²) in [7, 11) is 0. The summed E-state index contributed by atoms with van der Waals surface area (Å²) >= 11 is 1.57. The number of carbonyl (C=O) groups is 1. The first-order chi connectivity index (χ1) is 13.3. The van der Waals surface area contributed by atoms with Crippen LogP contribution in [0.25, 0.3) is 0 Å². The maximum absolute atomic E-state index is 12.5. The molecule has 0 aromatic carbocycles. The third-order valence-corrected chi connectivity index (χ3v) is 7.02. The third kappa shape index (κ3) is 5.13. The molecule has 6 nitrogen and oxygen atoms in total. The number of rotatable bonds is 4. The minimum atomic E-state index is 0.163. The van der Waals surface area contributed by atoms with E-state index in [0.717, 1.165) is 69.9 Å². The molecule has 0 unspecified atom stereocenters. The fourth-order valence-corrected chi connectivity index (χ4v) is 5.27. The minimum Gasteiger partial charge on any atom is -0.467 e. The number of urea groups is 1. The van der Waals surface area contributed by atoms with Crippen molar-refractivity contribution < 1.29 is 9.53 Å². The molecule has 27 heavy (non-hydrogen) atoms. The van der Waals surface area contributed by atoms with Crippen LogP contribution in [0.15, 0.2) is 11.6 Å². The number of ether oxygens (including phenoxy) is 1. The average molecular weight is 393 g/mol. The number of carbonyl (C=O) groups excluding carboxylic acids is 1. The van der Waals surface area contributed by atoms with E-state index in [1.807, 2.05) is 10.3 Å². The first-order valence-electron chi connectivity index (χ1n) is 10.6. The van der Waals surface area contributed by atoms with Gasteiger partial charge in [-0.2, -0.15) is 0 Å². The lowest BCUT2D eigenvalue weighted by Crippen LogP contribution is -2.53. The number of hydrogen-bond donors (Lipinski definition) is 1. The van der Waals surface area contributed by atoms with Gasteiger partial charge in [-0.1, -0.05) is 30.6 Å². The lowest BCUT2D eigenvalue weighted by molar-refractivity contribution is 0.0531. The molecule has 2 saturated heterocycles. The summed E-state index contributed by atoms with van der Waals surface area (Å²) in [5, 5.41) is 6.02. The number of nitrogens with zero attached hydrogens (tertiary/aromatic N) is 3. The highest BCUT2D eigenvalue weighted by Gasteiger charge is 2.31. The lowest BCUT2D eigenvalue weighted by atomic mass is 9.95. The molecule has 0 spiro atoms. The fourth-order valence-electron chi connectivity index (χ4n) is 4.72. The van der Waals surface area contributed by atoms with E-state index in [1.165, 1.54) is 19.3 Å². The van der Waals surface area contributed by atoms with Gasteiger partial charge in [0.05, 0.1) is 0 Å². The molecule has 1 aromatic heterocycles. The molecule has 150 valence electrons. The van der Waals surface area contributed by atoms with Crippen molar-refractivity contribution in [1.82, 2.24) is 20.1 Å². The number of amides is 2. The zero-order valence-corrected chi connectivity index (χ0v) is 17.0. The average Bonchev–Trinajstić information content (AvgIpc) is 3.22. The smallest absolute Gasteiger partial charge is 0.317 e. The van der Waals surface area contributed by atoms with Crippen LogP contribution in [0.5, 0.6) is 5.19 Å². The van der Waals surface area contributed by atoms with Gasteiger partial charge in [0.25, 0.3) is 5.19 Å². The lowest BCUT2D eigenvalue weighted by Gasteiger charge is -2.41. The predicted molar refractivity (Wildman–Crippen MR) is 107 cm³/mol. The Morgan fingerprint density at radius 2 is 1.78 bits per heavy atom. The van der Waals surface area contributed by atoms with Gasteiger partial charge in [-0.15, -0.1) is 0 Å². The number of thiazole rings is 1. The van der Waals surface area contributed by atoms with Crippen molar-refractivity contribution in [1.29, 1.82) is 0 Å². The molecule has 0 radical (unpaired) electrons. The Morgan fingerprint density at radius 1 is 1.04 bits per heavy atom. The number of nitrogens with one attached hydrogen (secondary N) is 1. The van der Waals surface area contributed by atoms with Gasteiger partial charge in [-0.25, -0.2) is 9.78 Å². The molecule has 7 heteroatoms. The van der Waals surface area contributed by atoms with E-state index in [4.69, 9.17) is 4.74 Å². The molecule has 1 saturated carbocycles. The predicted octanol–water partition coefficient (Wildman–Crippen LogP) is 3.49. The van der Waals surface area contributed by atoms with Crippen molar-refractivity contribution in [3.8, 4) is 5.19 Å². The van der Waals surface area contributed by atoms with Crippen LogP contribution < -0.4 is 10.1 Å². The SMILES string of the molecule is O=C(NC1CCCCC1)N1CCC(N2CCC(Oc3nccs3)CC2)CC1. The van der Waals surface area contributed by atoms with Crippen molar-refractivity contribution in [2.45, 2.75) is 76.0 Å². The largest absolute Gasteiger partial charge is 0.467 e. The summed E-state index contributed by atoms with van der Waals surface area (Å²) in [6, 6.07) is 1.18. The van der Waals surface area contributed by atoms with Crippen molar-refractivity contribution in [2.24, 2.45) is 0 Å². The second kappa shape index (κ2) is 9.24. The summed E-state index contributed by atoms with van der Waals surface area (Å²) in [4.78, 5) is 21.4. The molecule has 2 amide bonds. The summed E-state index contributed by atoms with van der Waals surface area (Å²) in [5.74, 6) is 0. The van der Waals surface area contributed by atoms with Crippen LogP contribution >= 0.6 is 11.3 Å². The van der Waals surface area contributed by atoms with Crippen LogP contribution in [0.4, 0.5) is 4.79 Å². The van der Waals surface area contributed by atoms with Crippen molar-refractivity contribution >= 4 is 17.4 Å². The molecule has 3 heterocycles. The number of hydrogen-bond acceptors (Lipinski definition) is 5. The second-order valence-electron chi connectivity index (χ2n) is 8.15. The molecule has 3 fully saturated rings. The zero-order chi connectivity index (χ0) is 18.5. The van der Waals surface area contributed by atoms with E-state index in [1.54, 1.807) is 17.5 Å². The Labute approximate surface area is 166 Å². The monoisotopic (exact) mass is 392 g/mol. The van der Waals surface area contributed by atoms with Gasteiger partial charge in [0.2, 0.25) is 0 Å². The van der Waals surface area contributed by atoms with Crippen molar-refractivity contribution in [2.75, 3.05) is 26.2 Å². The molecular weight excluding hydrogens is 360 g/mol. The van der Waals surface area contributed by atoms with E-state index in [2.05, 4.69) is 15.2 Å². The first kappa shape index (κ1) is 19.0. The van der Waals surface area contributed by atoms with Crippen LogP contribution in [-0.4, -0.2) is 65.2 Å². The van der Waals surface area contributed by atoms with Crippen LogP contribution in [-0.2, 0) is 0 Å². The van der Waals surface area contributed by atoms with Gasteiger partial charge in [0.1, 0.15) is 6.10 Å². The Bertz CT molecular complexity index is 575. The van der Waals surface area contributed by atoms with Gasteiger partial charge in [0.15, 0.2) is 0 Å². The summed E-state index contributed by atoms with van der Waals surface area (Å²) in [6.45, 7) is 3.96. The standard InChI is InChI=1S/C20H32N4O2S/c25-19(22-16-4-2-1-3-5-16)24-11-6-17(7-12-24)23-13-8-18(9-14-23)26-20-21-10-15-27-20/h10,15-18H,1-9,11-14H2,(H,22,25).